The number of aliphatic imine (C=N–C) groups is 1. The molecule has 1 aliphatic heterocycles. The fraction of sp³-hybridized carbons (Fsp3) is 0.500. The highest BCUT2D eigenvalue weighted by Crippen LogP contribution is 2.19. The summed E-state index contributed by atoms with van der Waals surface area (Å²) in [6, 6.07) is 11.3. The van der Waals surface area contributed by atoms with E-state index in [9.17, 15) is 0 Å². The number of nitrogens with zero attached hydrogens (tertiary/aromatic N) is 3. The molecule has 1 fully saturated rings. The van der Waals surface area contributed by atoms with Crippen LogP contribution >= 0.6 is 11.3 Å². The van der Waals surface area contributed by atoms with E-state index in [0.717, 1.165) is 31.3 Å². The van der Waals surface area contributed by atoms with E-state index in [0.29, 0.717) is 12.6 Å². The topological polar surface area (TPSA) is 52.6 Å². The van der Waals surface area contributed by atoms with Crippen molar-refractivity contribution in [1.29, 1.82) is 0 Å². The maximum absolute atomic E-state index is 4.73. The average molecular weight is 372 g/mol. The summed E-state index contributed by atoms with van der Waals surface area (Å²) in [7, 11) is 0. The lowest BCUT2D eigenvalue weighted by atomic mass is 10.2. The number of likely N-dealkylation sites (tertiary alicyclic amines) is 1. The number of hydrogen-bond acceptors (Lipinski definition) is 4. The Balaban J connectivity index is 1.55. The van der Waals surface area contributed by atoms with Gasteiger partial charge in [-0.1, -0.05) is 30.3 Å². The normalized spacial score (nSPS) is 18.2. The summed E-state index contributed by atoms with van der Waals surface area (Å²) in [4.78, 5) is 12.8. The summed E-state index contributed by atoms with van der Waals surface area (Å²) in [6.45, 7) is 8.83. The van der Waals surface area contributed by atoms with Crippen molar-refractivity contribution in [3.63, 3.8) is 0 Å². The average Bonchev–Trinajstić information content (AvgIpc) is 3.27. The van der Waals surface area contributed by atoms with Gasteiger partial charge in [0.2, 0.25) is 0 Å². The molecule has 0 saturated carbocycles. The zero-order chi connectivity index (χ0) is 18.2. The van der Waals surface area contributed by atoms with Gasteiger partial charge >= 0.3 is 0 Å². The van der Waals surface area contributed by atoms with Crippen LogP contribution in [0.1, 0.15) is 35.9 Å². The van der Waals surface area contributed by atoms with Crippen molar-refractivity contribution in [2.75, 3.05) is 19.6 Å². The Kier molecular flexibility index (Phi) is 7.03. The van der Waals surface area contributed by atoms with Gasteiger partial charge in [-0.3, -0.25) is 4.90 Å². The molecule has 0 radical (unpaired) electrons. The van der Waals surface area contributed by atoms with Crippen LogP contribution in [0.3, 0.4) is 0 Å². The molecule has 1 aromatic carbocycles. The Morgan fingerprint density at radius 2 is 2.15 bits per heavy atom. The third kappa shape index (κ3) is 5.29. The molecular weight excluding hydrogens is 342 g/mol. The molecule has 0 amide bonds. The van der Waals surface area contributed by atoms with Gasteiger partial charge in [-0.2, -0.15) is 0 Å². The molecule has 1 aromatic heterocycles. The molecule has 1 aliphatic rings. The van der Waals surface area contributed by atoms with Crippen LogP contribution in [0.2, 0.25) is 0 Å². The van der Waals surface area contributed by atoms with Crippen LogP contribution in [0.25, 0.3) is 0 Å². The first-order valence-corrected chi connectivity index (χ1v) is 10.3. The predicted octanol–water partition coefficient (Wildman–Crippen LogP) is 3.17. The smallest absolute Gasteiger partial charge is 0.191 e. The van der Waals surface area contributed by atoms with Gasteiger partial charge < -0.3 is 10.6 Å². The SMILES string of the molecule is CCNC(=NCc1scnc1C)NCC1CCCN1Cc1ccccc1. The highest BCUT2D eigenvalue weighted by Gasteiger charge is 2.24. The van der Waals surface area contributed by atoms with Crippen LogP contribution in [0.5, 0.6) is 0 Å². The van der Waals surface area contributed by atoms with Crippen molar-refractivity contribution in [3.8, 4) is 0 Å². The van der Waals surface area contributed by atoms with Crippen LogP contribution in [0, 0.1) is 6.92 Å². The van der Waals surface area contributed by atoms with Gasteiger partial charge in [0.15, 0.2) is 5.96 Å². The molecule has 0 aliphatic carbocycles. The van der Waals surface area contributed by atoms with Gasteiger partial charge in [0.1, 0.15) is 0 Å². The Hall–Kier alpha value is -1.92. The van der Waals surface area contributed by atoms with Crippen molar-refractivity contribution in [2.45, 2.75) is 45.8 Å². The quantitative estimate of drug-likeness (QED) is 0.580. The van der Waals surface area contributed by atoms with Crippen molar-refractivity contribution in [1.82, 2.24) is 20.5 Å². The van der Waals surface area contributed by atoms with E-state index in [1.165, 1.54) is 29.8 Å². The molecule has 0 spiro atoms. The second-order valence-corrected chi connectivity index (χ2v) is 7.63. The number of thiazole rings is 1. The molecule has 5 nitrogen and oxygen atoms in total. The summed E-state index contributed by atoms with van der Waals surface area (Å²) in [5.74, 6) is 0.895. The molecule has 1 atom stereocenters. The molecule has 3 rings (SSSR count). The Bertz CT molecular complexity index is 697. The minimum absolute atomic E-state index is 0.559. The van der Waals surface area contributed by atoms with E-state index in [2.05, 4.69) is 57.8 Å². The molecule has 1 unspecified atom stereocenters. The lowest BCUT2D eigenvalue weighted by Gasteiger charge is -2.25. The first kappa shape index (κ1) is 18.9. The van der Waals surface area contributed by atoms with Crippen molar-refractivity contribution < 1.29 is 0 Å². The van der Waals surface area contributed by atoms with Crippen LogP contribution in [-0.4, -0.2) is 41.5 Å². The first-order valence-electron chi connectivity index (χ1n) is 9.45. The van der Waals surface area contributed by atoms with E-state index in [4.69, 9.17) is 4.99 Å². The molecule has 2 aromatic rings. The van der Waals surface area contributed by atoms with E-state index >= 15 is 0 Å². The van der Waals surface area contributed by atoms with E-state index in [1.807, 2.05) is 12.4 Å². The second kappa shape index (κ2) is 9.69. The van der Waals surface area contributed by atoms with Crippen molar-refractivity contribution in [3.05, 3.63) is 52.0 Å². The maximum atomic E-state index is 4.73. The molecule has 0 bridgehead atoms. The lowest BCUT2D eigenvalue weighted by molar-refractivity contribution is 0.245. The molecule has 1 saturated heterocycles. The summed E-state index contributed by atoms with van der Waals surface area (Å²) in [5, 5.41) is 6.90. The molecule has 26 heavy (non-hydrogen) atoms. The van der Waals surface area contributed by atoms with Gasteiger partial charge in [-0.15, -0.1) is 11.3 Å². The Labute approximate surface area is 160 Å². The van der Waals surface area contributed by atoms with Gasteiger partial charge in [0, 0.05) is 30.6 Å². The number of guanidine groups is 1. The fourth-order valence-electron chi connectivity index (χ4n) is 3.34. The van der Waals surface area contributed by atoms with Crippen LogP contribution in [0.15, 0.2) is 40.8 Å². The number of rotatable bonds is 7. The fourth-order valence-corrected chi connectivity index (χ4v) is 4.04. The zero-order valence-electron chi connectivity index (χ0n) is 15.7. The number of aryl methyl sites for hydroxylation is 1. The maximum Gasteiger partial charge on any atom is 0.191 e. The third-order valence-electron chi connectivity index (χ3n) is 4.80. The minimum atomic E-state index is 0.559. The van der Waals surface area contributed by atoms with Crippen molar-refractivity contribution >= 4 is 17.3 Å². The second-order valence-electron chi connectivity index (χ2n) is 6.69. The van der Waals surface area contributed by atoms with Gasteiger partial charge in [-0.05, 0) is 38.8 Å². The summed E-state index contributed by atoms with van der Waals surface area (Å²) < 4.78 is 0. The molecular formula is C20H29N5S. The Morgan fingerprint density at radius 1 is 1.31 bits per heavy atom. The number of hydrogen-bond donors (Lipinski definition) is 2. The summed E-state index contributed by atoms with van der Waals surface area (Å²) in [5.41, 5.74) is 4.36. The van der Waals surface area contributed by atoms with Gasteiger partial charge in [0.05, 0.1) is 17.7 Å². The number of aromatic nitrogens is 1. The number of nitrogens with one attached hydrogen (secondary N) is 2. The minimum Gasteiger partial charge on any atom is -0.357 e. The first-order chi connectivity index (χ1) is 12.8. The van der Waals surface area contributed by atoms with Crippen molar-refractivity contribution in [2.24, 2.45) is 4.99 Å². The lowest BCUT2D eigenvalue weighted by Crippen LogP contribution is -2.44. The van der Waals surface area contributed by atoms with E-state index in [1.54, 1.807) is 11.3 Å². The summed E-state index contributed by atoms with van der Waals surface area (Å²) >= 11 is 1.67. The third-order valence-corrected chi connectivity index (χ3v) is 5.72. The monoisotopic (exact) mass is 371 g/mol. The van der Waals surface area contributed by atoms with Crippen LogP contribution in [-0.2, 0) is 13.1 Å². The molecule has 140 valence electrons. The highest BCUT2D eigenvalue weighted by molar-refractivity contribution is 7.09. The van der Waals surface area contributed by atoms with Crippen LogP contribution in [0.4, 0.5) is 0 Å². The molecule has 2 heterocycles. The molecule has 2 N–H and O–H groups in total. The predicted molar refractivity (Wildman–Crippen MR) is 110 cm³/mol. The number of benzene rings is 1. The standard InChI is InChI=1S/C20H29N5S/c1-3-21-20(23-13-19-16(2)24-15-26-19)22-12-18-10-7-11-25(18)14-17-8-5-4-6-9-17/h4-6,8-9,15,18H,3,7,10-14H2,1-2H3,(H2,21,22,23). The highest BCUT2D eigenvalue weighted by atomic mass is 32.1. The van der Waals surface area contributed by atoms with Gasteiger partial charge in [-0.25, -0.2) is 9.98 Å². The van der Waals surface area contributed by atoms with Gasteiger partial charge in [0.25, 0.3) is 0 Å². The van der Waals surface area contributed by atoms with E-state index in [-0.39, 0.29) is 0 Å². The summed E-state index contributed by atoms with van der Waals surface area (Å²) in [6.07, 6.45) is 2.51. The largest absolute Gasteiger partial charge is 0.357 e. The molecule has 6 heteroatoms. The van der Waals surface area contributed by atoms with Crippen LogP contribution < -0.4 is 10.6 Å². The zero-order valence-corrected chi connectivity index (χ0v) is 16.6. The van der Waals surface area contributed by atoms with E-state index < -0.39 is 0 Å². The Morgan fingerprint density at radius 3 is 2.88 bits per heavy atom.